The summed E-state index contributed by atoms with van der Waals surface area (Å²) in [6.45, 7) is 2.64. The lowest BCUT2D eigenvalue weighted by Crippen LogP contribution is -2.37. The van der Waals surface area contributed by atoms with Crippen molar-refractivity contribution >= 4 is 5.91 Å². The Morgan fingerprint density at radius 2 is 2.12 bits per heavy atom. The van der Waals surface area contributed by atoms with Gasteiger partial charge in [0.25, 0.3) is 0 Å². The molecule has 1 spiro atoms. The second-order valence-corrected chi connectivity index (χ2v) is 5.55. The number of carbonyl (C=O) groups excluding carboxylic acids is 1. The van der Waals surface area contributed by atoms with E-state index >= 15 is 0 Å². The van der Waals surface area contributed by atoms with Gasteiger partial charge in [0.1, 0.15) is 0 Å². The number of nitrogens with two attached hydrogens (primary N) is 1. The number of methoxy groups -OCH3 is 1. The smallest absolute Gasteiger partial charge is 0.236 e. The van der Waals surface area contributed by atoms with Crippen molar-refractivity contribution in [2.45, 2.75) is 32.1 Å². The molecule has 17 heavy (non-hydrogen) atoms. The van der Waals surface area contributed by atoms with E-state index in [2.05, 4.69) is 0 Å². The number of hydrogen-bond donors (Lipinski definition) is 1. The summed E-state index contributed by atoms with van der Waals surface area (Å²) in [6.07, 6.45) is 6.42. The van der Waals surface area contributed by atoms with Gasteiger partial charge >= 0.3 is 0 Å². The van der Waals surface area contributed by atoms with Crippen LogP contribution in [0, 0.1) is 11.3 Å². The van der Waals surface area contributed by atoms with Crippen molar-refractivity contribution in [2.24, 2.45) is 17.1 Å². The third-order valence-electron chi connectivity index (χ3n) is 4.56. The second-order valence-electron chi connectivity index (χ2n) is 5.55. The Kier molecular flexibility index (Phi) is 4.05. The molecule has 1 heterocycles. The number of likely N-dealkylation sites (tertiary alicyclic amines) is 1. The zero-order valence-electron chi connectivity index (χ0n) is 10.8. The average molecular weight is 240 g/mol. The van der Waals surface area contributed by atoms with Gasteiger partial charge in [0.2, 0.25) is 5.91 Å². The van der Waals surface area contributed by atoms with E-state index in [0.29, 0.717) is 11.3 Å². The maximum Gasteiger partial charge on any atom is 0.236 e. The third kappa shape index (κ3) is 2.47. The first-order chi connectivity index (χ1) is 8.22. The Bertz CT molecular complexity index is 275. The van der Waals surface area contributed by atoms with Crippen molar-refractivity contribution in [3.05, 3.63) is 0 Å². The number of amides is 1. The molecular formula is C13H24N2O2. The lowest BCUT2D eigenvalue weighted by molar-refractivity contribution is -0.129. The molecule has 0 aromatic heterocycles. The predicted molar refractivity (Wildman–Crippen MR) is 66.5 cm³/mol. The van der Waals surface area contributed by atoms with Crippen LogP contribution in [0.3, 0.4) is 0 Å². The summed E-state index contributed by atoms with van der Waals surface area (Å²) in [5.41, 5.74) is 5.79. The van der Waals surface area contributed by atoms with Gasteiger partial charge in [-0.3, -0.25) is 4.79 Å². The van der Waals surface area contributed by atoms with Crippen molar-refractivity contribution in [3.63, 3.8) is 0 Å². The first-order valence-corrected chi connectivity index (χ1v) is 6.68. The minimum Gasteiger partial charge on any atom is -0.384 e. The normalized spacial score (nSPS) is 27.6. The largest absolute Gasteiger partial charge is 0.384 e. The van der Waals surface area contributed by atoms with Crippen LogP contribution in [0.15, 0.2) is 0 Å². The Hall–Kier alpha value is -0.610. The molecule has 2 fully saturated rings. The monoisotopic (exact) mass is 240 g/mol. The Balaban J connectivity index is 2.09. The fraction of sp³-hybridized carbons (Fsp3) is 0.923. The van der Waals surface area contributed by atoms with Crippen molar-refractivity contribution in [2.75, 3.05) is 33.4 Å². The molecule has 0 radical (unpaired) electrons. The quantitative estimate of drug-likeness (QED) is 0.800. The topological polar surface area (TPSA) is 55.6 Å². The molecule has 4 heteroatoms. The zero-order chi connectivity index (χ0) is 12.3. The highest BCUT2D eigenvalue weighted by Crippen LogP contribution is 2.47. The summed E-state index contributed by atoms with van der Waals surface area (Å²) < 4.78 is 5.35. The molecule has 98 valence electrons. The van der Waals surface area contributed by atoms with Crippen LogP contribution in [0.1, 0.15) is 32.1 Å². The van der Waals surface area contributed by atoms with Crippen LogP contribution in [0.4, 0.5) is 0 Å². The number of nitrogens with zero attached hydrogens (tertiary/aromatic N) is 1. The molecule has 1 aliphatic heterocycles. The first-order valence-electron chi connectivity index (χ1n) is 6.68. The maximum absolute atomic E-state index is 11.7. The lowest BCUT2D eigenvalue weighted by Gasteiger charge is -2.37. The van der Waals surface area contributed by atoms with Gasteiger partial charge in [-0.2, -0.15) is 0 Å². The molecule has 0 unspecified atom stereocenters. The summed E-state index contributed by atoms with van der Waals surface area (Å²) >= 11 is 0. The summed E-state index contributed by atoms with van der Waals surface area (Å²) in [5, 5.41) is 0. The number of rotatable bonds is 3. The van der Waals surface area contributed by atoms with Crippen LogP contribution in [0.2, 0.25) is 0 Å². The van der Waals surface area contributed by atoms with E-state index < -0.39 is 0 Å². The Labute approximate surface area is 103 Å². The molecule has 1 atom stereocenters. The van der Waals surface area contributed by atoms with Crippen molar-refractivity contribution in [3.8, 4) is 0 Å². The van der Waals surface area contributed by atoms with Gasteiger partial charge in [-0.25, -0.2) is 0 Å². The number of carbonyl (C=O) groups is 1. The van der Waals surface area contributed by atoms with E-state index in [9.17, 15) is 4.79 Å². The van der Waals surface area contributed by atoms with E-state index in [1.165, 1.54) is 32.1 Å². The highest BCUT2D eigenvalue weighted by molar-refractivity contribution is 5.78. The molecule has 1 saturated carbocycles. The van der Waals surface area contributed by atoms with Crippen molar-refractivity contribution in [1.82, 2.24) is 4.90 Å². The molecule has 1 amide bonds. The van der Waals surface area contributed by atoms with E-state index in [0.717, 1.165) is 19.7 Å². The first kappa shape index (κ1) is 12.8. The van der Waals surface area contributed by atoms with Gasteiger partial charge in [0.05, 0.1) is 13.2 Å². The van der Waals surface area contributed by atoms with Crippen LogP contribution in [0.25, 0.3) is 0 Å². The van der Waals surface area contributed by atoms with Gasteiger partial charge in [0.15, 0.2) is 0 Å². The Morgan fingerprint density at radius 3 is 2.71 bits per heavy atom. The molecule has 0 aromatic rings. The molecule has 1 saturated heterocycles. The van der Waals surface area contributed by atoms with Gasteiger partial charge in [-0.15, -0.1) is 0 Å². The zero-order valence-corrected chi connectivity index (χ0v) is 10.8. The van der Waals surface area contributed by atoms with E-state index in [1.54, 1.807) is 7.11 Å². The van der Waals surface area contributed by atoms with Gasteiger partial charge < -0.3 is 15.4 Å². The average Bonchev–Trinajstić information content (AvgIpc) is 2.69. The van der Waals surface area contributed by atoms with Gasteiger partial charge in [-0.05, 0) is 18.3 Å². The maximum atomic E-state index is 11.7. The highest BCUT2D eigenvalue weighted by Gasteiger charge is 2.47. The van der Waals surface area contributed by atoms with E-state index in [-0.39, 0.29) is 12.5 Å². The van der Waals surface area contributed by atoms with Crippen LogP contribution in [-0.4, -0.2) is 44.2 Å². The lowest BCUT2D eigenvalue weighted by atomic mass is 9.68. The Morgan fingerprint density at radius 1 is 1.41 bits per heavy atom. The minimum atomic E-state index is 0.0913. The summed E-state index contributed by atoms with van der Waals surface area (Å²) in [4.78, 5) is 13.7. The summed E-state index contributed by atoms with van der Waals surface area (Å²) in [7, 11) is 1.75. The van der Waals surface area contributed by atoms with E-state index in [4.69, 9.17) is 10.5 Å². The fourth-order valence-corrected chi connectivity index (χ4v) is 3.61. The summed E-state index contributed by atoms with van der Waals surface area (Å²) in [5.74, 6) is 0.594. The van der Waals surface area contributed by atoms with Crippen LogP contribution >= 0.6 is 0 Å². The second kappa shape index (κ2) is 5.36. The van der Waals surface area contributed by atoms with Crippen LogP contribution in [-0.2, 0) is 9.53 Å². The third-order valence-corrected chi connectivity index (χ3v) is 4.56. The van der Waals surface area contributed by atoms with Crippen LogP contribution in [0.5, 0.6) is 0 Å². The fourth-order valence-electron chi connectivity index (χ4n) is 3.61. The molecule has 1 aliphatic carbocycles. The van der Waals surface area contributed by atoms with Gasteiger partial charge in [0, 0.05) is 26.1 Å². The van der Waals surface area contributed by atoms with Crippen molar-refractivity contribution < 1.29 is 9.53 Å². The molecular weight excluding hydrogens is 216 g/mol. The van der Waals surface area contributed by atoms with Crippen LogP contribution < -0.4 is 5.73 Å². The minimum absolute atomic E-state index is 0.0913. The molecule has 2 aliphatic rings. The standard InChI is InChI=1S/C13H24N2O2/c1-17-9-11-8-15(12(16)7-14)10-13(11)5-3-2-4-6-13/h11H,2-10,14H2,1H3/t11-/m0/s1. The SMILES string of the molecule is COC[C@@H]1CN(C(=O)CN)CC12CCCCC2. The molecule has 2 rings (SSSR count). The predicted octanol–water partition coefficient (Wildman–Crippen LogP) is 1.00. The van der Waals surface area contributed by atoms with E-state index in [1.807, 2.05) is 4.90 Å². The highest BCUT2D eigenvalue weighted by atomic mass is 16.5. The van der Waals surface area contributed by atoms with Gasteiger partial charge in [-0.1, -0.05) is 19.3 Å². The number of ether oxygens (including phenoxy) is 1. The molecule has 4 nitrogen and oxygen atoms in total. The molecule has 0 aromatic carbocycles. The number of hydrogen-bond acceptors (Lipinski definition) is 3. The van der Waals surface area contributed by atoms with Crippen molar-refractivity contribution in [1.29, 1.82) is 0 Å². The molecule has 2 N–H and O–H groups in total. The molecule has 0 bridgehead atoms. The summed E-state index contributed by atoms with van der Waals surface area (Å²) in [6, 6.07) is 0.